The summed E-state index contributed by atoms with van der Waals surface area (Å²) in [4.78, 5) is 2.15. The molecular weight excluding hydrogens is 200 g/mol. The van der Waals surface area contributed by atoms with Crippen LogP contribution in [0.5, 0.6) is 5.75 Å². The predicted molar refractivity (Wildman–Crippen MR) is 67.7 cm³/mol. The maximum atomic E-state index is 6.10. The Morgan fingerprint density at radius 2 is 1.88 bits per heavy atom. The van der Waals surface area contributed by atoms with Gasteiger partial charge in [0.25, 0.3) is 0 Å². The van der Waals surface area contributed by atoms with Gasteiger partial charge in [0.2, 0.25) is 0 Å². The highest BCUT2D eigenvalue weighted by Gasteiger charge is 2.06. The number of hydrogen-bond donors (Lipinski definition) is 1. The van der Waals surface area contributed by atoms with Crippen LogP contribution in [0.15, 0.2) is 24.3 Å². The van der Waals surface area contributed by atoms with Crippen LogP contribution in [0.2, 0.25) is 0 Å². The Morgan fingerprint density at radius 3 is 2.38 bits per heavy atom. The Kier molecular flexibility index (Phi) is 5.29. The summed E-state index contributed by atoms with van der Waals surface area (Å²) in [6, 6.07) is 8.16. The van der Waals surface area contributed by atoms with E-state index in [1.54, 1.807) is 0 Å². The molecule has 0 spiro atoms. The van der Waals surface area contributed by atoms with Crippen molar-refractivity contribution in [2.24, 2.45) is 5.73 Å². The minimum atomic E-state index is 0.109. The molecule has 0 saturated heterocycles. The van der Waals surface area contributed by atoms with Gasteiger partial charge in [0.15, 0.2) is 0 Å². The van der Waals surface area contributed by atoms with E-state index in [-0.39, 0.29) is 6.04 Å². The standard InChI is InChI=1S/C13H22N2O/c1-4-16-12-7-5-11(6-8-12)13(14)9-10-15(2)3/h5-8,13H,4,9-10,14H2,1-3H3. The fourth-order valence-electron chi connectivity index (χ4n) is 1.54. The number of benzene rings is 1. The summed E-state index contributed by atoms with van der Waals surface area (Å²) in [6.07, 6.45) is 0.973. The molecule has 0 saturated carbocycles. The molecule has 0 radical (unpaired) electrons. The van der Waals surface area contributed by atoms with Crippen LogP contribution in [-0.2, 0) is 0 Å². The van der Waals surface area contributed by atoms with Gasteiger partial charge < -0.3 is 15.4 Å². The van der Waals surface area contributed by atoms with Gasteiger partial charge in [-0.1, -0.05) is 12.1 Å². The molecule has 1 rings (SSSR count). The summed E-state index contributed by atoms with van der Waals surface area (Å²) in [5, 5.41) is 0. The molecule has 0 fully saturated rings. The number of ether oxygens (including phenoxy) is 1. The molecule has 2 N–H and O–H groups in total. The Morgan fingerprint density at radius 1 is 1.25 bits per heavy atom. The lowest BCUT2D eigenvalue weighted by Crippen LogP contribution is -2.20. The largest absolute Gasteiger partial charge is 0.494 e. The molecule has 1 unspecified atom stereocenters. The molecule has 3 heteroatoms. The van der Waals surface area contributed by atoms with Crippen LogP contribution in [0.1, 0.15) is 24.9 Å². The summed E-state index contributed by atoms with van der Waals surface area (Å²) in [5.74, 6) is 0.908. The summed E-state index contributed by atoms with van der Waals surface area (Å²) < 4.78 is 5.39. The van der Waals surface area contributed by atoms with Crippen molar-refractivity contribution < 1.29 is 4.74 Å². The zero-order chi connectivity index (χ0) is 12.0. The number of nitrogens with zero attached hydrogens (tertiary/aromatic N) is 1. The highest BCUT2D eigenvalue weighted by Crippen LogP contribution is 2.18. The molecule has 0 amide bonds. The van der Waals surface area contributed by atoms with Crippen LogP contribution in [0.4, 0.5) is 0 Å². The lowest BCUT2D eigenvalue weighted by molar-refractivity contribution is 0.340. The van der Waals surface area contributed by atoms with Gasteiger partial charge in [-0.15, -0.1) is 0 Å². The molecule has 1 aromatic rings. The summed E-state index contributed by atoms with van der Waals surface area (Å²) in [6.45, 7) is 3.69. The first kappa shape index (κ1) is 13.0. The van der Waals surface area contributed by atoms with E-state index in [0.717, 1.165) is 18.7 Å². The van der Waals surface area contributed by atoms with E-state index in [1.807, 2.05) is 31.2 Å². The van der Waals surface area contributed by atoms with Gasteiger partial charge in [-0.25, -0.2) is 0 Å². The van der Waals surface area contributed by atoms with Crippen molar-refractivity contribution in [2.45, 2.75) is 19.4 Å². The maximum Gasteiger partial charge on any atom is 0.119 e. The predicted octanol–water partition coefficient (Wildman–Crippen LogP) is 2.04. The van der Waals surface area contributed by atoms with Gasteiger partial charge in [-0.3, -0.25) is 0 Å². The second-order valence-electron chi connectivity index (χ2n) is 4.20. The lowest BCUT2D eigenvalue weighted by atomic mass is 10.0. The second kappa shape index (κ2) is 6.51. The second-order valence-corrected chi connectivity index (χ2v) is 4.20. The normalized spacial score (nSPS) is 12.8. The van der Waals surface area contributed by atoms with Gasteiger partial charge in [0.1, 0.15) is 5.75 Å². The molecule has 0 bridgehead atoms. The highest BCUT2D eigenvalue weighted by atomic mass is 16.5. The number of nitrogens with two attached hydrogens (primary N) is 1. The third-order valence-electron chi connectivity index (χ3n) is 2.51. The Balaban J connectivity index is 2.52. The van der Waals surface area contributed by atoms with Crippen molar-refractivity contribution in [3.63, 3.8) is 0 Å². The maximum absolute atomic E-state index is 6.10. The summed E-state index contributed by atoms with van der Waals surface area (Å²) in [7, 11) is 4.12. The third kappa shape index (κ3) is 4.21. The fraction of sp³-hybridized carbons (Fsp3) is 0.538. The van der Waals surface area contributed by atoms with Gasteiger partial charge in [0, 0.05) is 6.04 Å². The average Bonchev–Trinajstić information content (AvgIpc) is 2.27. The first-order valence-electron chi connectivity index (χ1n) is 5.76. The molecule has 0 heterocycles. The molecule has 0 aliphatic heterocycles. The Hall–Kier alpha value is -1.06. The van der Waals surface area contributed by atoms with Crippen LogP contribution < -0.4 is 10.5 Å². The monoisotopic (exact) mass is 222 g/mol. The van der Waals surface area contributed by atoms with Gasteiger partial charge in [-0.2, -0.15) is 0 Å². The first-order chi connectivity index (χ1) is 7.63. The van der Waals surface area contributed by atoms with Crippen molar-refractivity contribution in [3.8, 4) is 5.75 Å². The first-order valence-corrected chi connectivity index (χ1v) is 5.76. The van der Waals surface area contributed by atoms with Crippen molar-refractivity contribution >= 4 is 0 Å². The molecule has 3 nitrogen and oxygen atoms in total. The quantitative estimate of drug-likeness (QED) is 0.800. The summed E-state index contributed by atoms with van der Waals surface area (Å²) >= 11 is 0. The Labute approximate surface area is 98.2 Å². The molecule has 0 aromatic heterocycles. The van der Waals surface area contributed by atoms with Crippen LogP contribution >= 0.6 is 0 Å². The third-order valence-corrected chi connectivity index (χ3v) is 2.51. The van der Waals surface area contributed by atoms with E-state index in [2.05, 4.69) is 19.0 Å². The van der Waals surface area contributed by atoms with E-state index in [1.165, 1.54) is 5.56 Å². The van der Waals surface area contributed by atoms with Crippen LogP contribution in [0, 0.1) is 0 Å². The SMILES string of the molecule is CCOc1ccc(C(N)CCN(C)C)cc1. The van der Waals surface area contributed by atoms with E-state index >= 15 is 0 Å². The minimum Gasteiger partial charge on any atom is -0.494 e. The van der Waals surface area contributed by atoms with E-state index < -0.39 is 0 Å². The molecule has 1 atom stereocenters. The lowest BCUT2D eigenvalue weighted by Gasteiger charge is -2.15. The van der Waals surface area contributed by atoms with E-state index in [4.69, 9.17) is 10.5 Å². The molecule has 0 aliphatic rings. The average molecular weight is 222 g/mol. The zero-order valence-electron chi connectivity index (χ0n) is 10.4. The van der Waals surface area contributed by atoms with Crippen LogP contribution in [0.3, 0.4) is 0 Å². The number of rotatable bonds is 6. The van der Waals surface area contributed by atoms with Gasteiger partial charge in [-0.05, 0) is 51.7 Å². The molecule has 90 valence electrons. The van der Waals surface area contributed by atoms with Gasteiger partial charge >= 0.3 is 0 Å². The molecule has 0 aliphatic carbocycles. The van der Waals surface area contributed by atoms with Crippen molar-refractivity contribution in [2.75, 3.05) is 27.2 Å². The fourth-order valence-corrected chi connectivity index (χ4v) is 1.54. The minimum absolute atomic E-state index is 0.109. The van der Waals surface area contributed by atoms with Crippen molar-refractivity contribution in [3.05, 3.63) is 29.8 Å². The topological polar surface area (TPSA) is 38.5 Å². The molecule has 16 heavy (non-hydrogen) atoms. The Bertz CT molecular complexity index is 295. The molecular formula is C13H22N2O. The van der Waals surface area contributed by atoms with Crippen molar-refractivity contribution in [1.29, 1.82) is 0 Å². The van der Waals surface area contributed by atoms with Crippen LogP contribution in [-0.4, -0.2) is 32.1 Å². The highest BCUT2D eigenvalue weighted by molar-refractivity contribution is 5.29. The van der Waals surface area contributed by atoms with Crippen molar-refractivity contribution in [1.82, 2.24) is 4.90 Å². The smallest absolute Gasteiger partial charge is 0.119 e. The van der Waals surface area contributed by atoms with E-state index in [9.17, 15) is 0 Å². The van der Waals surface area contributed by atoms with Gasteiger partial charge in [0.05, 0.1) is 6.61 Å². The number of hydrogen-bond acceptors (Lipinski definition) is 3. The van der Waals surface area contributed by atoms with E-state index in [0.29, 0.717) is 6.61 Å². The van der Waals surface area contributed by atoms with Crippen LogP contribution in [0.25, 0.3) is 0 Å². The summed E-state index contributed by atoms with van der Waals surface area (Å²) in [5.41, 5.74) is 7.27. The molecule has 1 aromatic carbocycles. The zero-order valence-corrected chi connectivity index (χ0v) is 10.4.